The van der Waals surface area contributed by atoms with E-state index in [1.807, 2.05) is 0 Å². The van der Waals surface area contributed by atoms with E-state index >= 15 is 0 Å². The number of carbonyl (C=O) groups is 1. The van der Waals surface area contributed by atoms with Gasteiger partial charge in [-0.05, 0) is 24.7 Å². The van der Waals surface area contributed by atoms with Gasteiger partial charge in [0.1, 0.15) is 0 Å². The summed E-state index contributed by atoms with van der Waals surface area (Å²) in [5, 5.41) is 8.87. The third-order valence-electron chi connectivity index (χ3n) is 3.02. The summed E-state index contributed by atoms with van der Waals surface area (Å²) in [7, 11) is 0. The molecule has 15 heavy (non-hydrogen) atoms. The first-order chi connectivity index (χ1) is 7.16. The lowest BCUT2D eigenvalue weighted by Crippen LogP contribution is -2.26. The number of aliphatic imine (C=N–C) groups is 1. The van der Waals surface area contributed by atoms with Gasteiger partial charge in [0.25, 0.3) is 0 Å². The van der Waals surface area contributed by atoms with Gasteiger partial charge < -0.3 is 5.11 Å². The van der Waals surface area contributed by atoms with Crippen molar-refractivity contribution in [3.63, 3.8) is 0 Å². The molecule has 0 saturated heterocycles. The SMILES string of the molecule is C=C(C(=O)O)C1CCCCC1CN=C=O. The van der Waals surface area contributed by atoms with Crippen LogP contribution >= 0.6 is 0 Å². The molecule has 0 spiro atoms. The number of hydrogen-bond donors (Lipinski definition) is 1. The minimum Gasteiger partial charge on any atom is -0.478 e. The molecule has 1 rings (SSSR count). The molecule has 0 heterocycles. The van der Waals surface area contributed by atoms with Gasteiger partial charge in [-0.2, -0.15) is 0 Å². The fourth-order valence-corrected chi connectivity index (χ4v) is 2.20. The summed E-state index contributed by atoms with van der Waals surface area (Å²) < 4.78 is 0. The Morgan fingerprint density at radius 2 is 2.13 bits per heavy atom. The second kappa shape index (κ2) is 5.47. The molecule has 1 N–H and O–H groups in total. The van der Waals surface area contributed by atoms with Crippen molar-refractivity contribution in [2.75, 3.05) is 6.54 Å². The van der Waals surface area contributed by atoms with Crippen molar-refractivity contribution >= 4 is 12.0 Å². The van der Waals surface area contributed by atoms with E-state index in [0.717, 1.165) is 25.7 Å². The Bertz CT molecular complexity index is 305. The van der Waals surface area contributed by atoms with Crippen LogP contribution in [0.3, 0.4) is 0 Å². The Morgan fingerprint density at radius 1 is 1.47 bits per heavy atom. The maximum absolute atomic E-state index is 10.8. The summed E-state index contributed by atoms with van der Waals surface area (Å²) in [6, 6.07) is 0. The van der Waals surface area contributed by atoms with Gasteiger partial charge in [0.15, 0.2) is 0 Å². The van der Waals surface area contributed by atoms with Crippen LogP contribution in [0.2, 0.25) is 0 Å². The Labute approximate surface area is 88.7 Å². The fraction of sp³-hybridized carbons (Fsp3) is 0.636. The Kier molecular flexibility index (Phi) is 4.25. The fourth-order valence-electron chi connectivity index (χ4n) is 2.20. The molecule has 1 aliphatic carbocycles. The molecule has 2 atom stereocenters. The first kappa shape index (κ1) is 11.7. The highest BCUT2D eigenvalue weighted by Crippen LogP contribution is 2.34. The molecule has 1 saturated carbocycles. The molecule has 0 aromatic heterocycles. The predicted molar refractivity (Wildman–Crippen MR) is 55.2 cm³/mol. The molecule has 82 valence electrons. The number of carboxylic acids is 1. The first-order valence-corrected chi connectivity index (χ1v) is 5.12. The van der Waals surface area contributed by atoms with Crippen LogP contribution in [0, 0.1) is 11.8 Å². The van der Waals surface area contributed by atoms with E-state index in [4.69, 9.17) is 5.11 Å². The third-order valence-corrected chi connectivity index (χ3v) is 3.02. The van der Waals surface area contributed by atoms with Crippen LogP contribution < -0.4 is 0 Å². The first-order valence-electron chi connectivity index (χ1n) is 5.12. The summed E-state index contributed by atoms with van der Waals surface area (Å²) >= 11 is 0. The molecule has 0 aliphatic heterocycles. The van der Waals surface area contributed by atoms with E-state index in [9.17, 15) is 9.59 Å². The van der Waals surface area contributed by atoms with Gasteiger partial charge in [0.05, 0.1) is 6.54 Å². The van der Waals surface area contributed by atoms with Gasteiger partial charge in [0.2, 0.25) is 6.08 Å². The molecule has 0 aromatic rings. The minimum absolute atomic E-state index is 0.0339. The van der Waals surface area contributed by atoms with Crippen LogP contribution in [0.15, 0.2) is 17.1 Å². The van der Waals surface area contributed by atoms with Gasteiger partial charge in [-0.3, -0.25) is 0 Å². The Hall–Kier alpha value is -1.41. The van der Waals surface area contributed by atoms with Crippen molar-refractivity contribution in [3.8, 4) is 0 Å². The van der Waals surface area contributed by atoms with Crippen molar-refractivity contribution < 1.29 is 14.7 Å². The van der Waals surface area contributed by atoms with Crippen molar-refractivity contribution in [1.29, 1.82) is 0 Å². The highest BCUT2D eigenvalue weighted by Gasteiger charge is 2.29. The molecule has 1 fully saturated rings. The predicted octanol–water partition coefficient (Wildman–Crippen LogP) is 1.77. The topological polar surface area (TPSA) is 66.7 Å². The Balaban J connectivity index is 2.68. The van der Waals surface area contributed by atoms with E-state index < -0.39 is 5.97 Å². The highest BCUT2D eigenvalue weighted by atomic mass is 16.4. The zero-order chi connectivity index (χ0) is 11.3. The van der Waals surface area contributed by atoms with Gasteiger partial charge >= 0.3 is 5.97 Å². The second-order valence-electron chi connectivity index (χ2n) is 3.91. The molecule has 0 amide bonds. The number of nitrogens with zero attached hydrogens (tertiary/aromatic N) is 1. The summed E-state index contributed by atoms with van der Waals surface area (Å²) in [5.41, 5.74) is 0.251. The molecular formula is C11H15NO3. The summed E-state index contributed by atoms with van der Waals surface area (Å²) in [6.45, 7) is 3.97. The molecule has 0 aromatic carbocycles. The summed E-state index contributed by atoms with van der Waals surface area (Å²) in [4.78, 5) is 24.4. The number of rotatable bonds is 4. The molecule has 2 unspecified atom stereocenters. The Morgan fingerprint density at radius 3 is 2.73 bits per heavy atom. The average Bonchev–Trinajstić information content (AvgIpc) is 2.25. The highest BCUT2D eigenvalue weighted by molar-refractivity contribution is 5.86. The number of isocyanates is 1. The largest absolute Gasteiger partial charge is 0.478 e. The number of carboxylic acid groups (broad SMARTS) is 1. The quantitative estimate of drug-likeness (QED) is 0.436. The van der Waals surface area contributed by atoms with E-state index in [2.05, 4.69) is 11.6 Å². The number of aliphatic carboxylic acids is 1. The number of hydrogen-bond acceptors (Lipinski definition) is 3. The lowest BCUT2D eigenvalue weighted by atomic mass is 9.75. The van der Waals surface area contributed by atoms with Crippen LogP contribution in [0.5, 0.6) is 0 Å². The maximum Gasteiger partial charge on any atom is 0.331 e. The van der Waals surface area contributed by atoms with E-state index in [1.165, 1.54) is 6.08 Å². The summed E-state index contributed by atoms with van der Waals surface area (Å²) in [6.07, 6.45) is 5.36. The second-order valence-corrected chi connectivity index (χ2v) is 3.91. The zero-order valence-electron chi connectivity index (χ0n) is 8.61. The maximum atomic E-state index is 10.8. The van der Waals surface area contributed by atoms with Crippen LogP contribution in [-0.4, -0.2) is 23.7 Å². The molecular weight excluding hydrogens is 194 g/mol. The van der Waals surface area contributed by atoms with Crippen LogP contribution in [0.1, 0.15) is 25.7 Å². The van der Waals surface area contributed by atoms with Gasteiger partial charge in [-0.15, -0.1) is 0 Å². The van der Waals surface area contributed by atoms with Crippen molar-refractivity contribution in [2.45, 2.75) is 25.7 Å². The van der Waals surface area contributed by atoms with Crippen LogP contribution in [-0.2, 0) is 9.59 Å². The summed E-state index contributed by atoms with van der Waals surface area (Å²) in [5.74, 6) is -0.834. The molecule has 1 aliphatic rings. The number of carbonyl (C=O) groups excluding carboxylic acids is 1. The molecule has 4 heteroatoms. The van der Waals surface area contributed by atoms with Crippen LogP contribution in [0.25, 0.3) is 0 Å². The lowest BCUT2D eigenvalue weighted by molar-refractivity contribution is -0.133. The third kappa shape index (κ3) is 3.03. The lowest BCUT2D eigenvalue weighted by Gasteiger charge is -2.30. The van der Waals surface area contributed by atoms with Gasteiger partial charge in [0, 0.05) is 5.57 Å². The van der Waals surface area contributed by atoms with Gasteiger partial charge in [-0.25, -0.2) is 14.6 Å². The molecule has 0 bridgehead atoms. The van der Waals surface area contributed by atoms with E-state index in [-0.39, 0.29) is 17.4 Å². The van der Waals surface area contributed by atoms with Crippen molar-refractivity contribution in [3.05, 3.63) is 12.2 Å². The molecule has 0 radical (unpaired) electrons. The standard InChI is InChI=1S/C11H15NO3/c1-8(11(14)15)10-5-3-2-4-9(10)6-12-7-13/h9-10H,1-6H2,(H,14,15). The molecule has 4 nitrogen and oxygen atoms in total. The van der Waals surface area contributed by atoms with E-state index in [0.29, 0.717) is 6.54 Å². The monoisotopic (exact) mass is 209 g/mol. The van der Waals surface area contributed by atoms with Crippen molar-refractivity contribution in [2.24, 2.45) is 16.8 Å². The van der Waals surface area contributed by atoms with E-state index in [1.54, 1.807) is 0 Å². The van der Waals surface area contributed by atoms with Crippen LogP contribution in [0.4, 0.5) is 0 Å². The van der Waals surface area contributed by atoms with Crippen molar-refractivity contribution in [1.82, 2.24) is 0 Å². The normalized spacial score (nSPS) is 25.3. The average molecular weight is 209 g/mol. The zero-order valence-corrected chi connectivity index (χ0v) is 8.61. The van der Waals surface area contributed by atoms with Gasteiger partial charge in [-0.1, -0.05) is 19.4 Å². The smallest absolute Gasteiger partial charge is 0.331 e. The minimum atomic E-state index is -0.943.